The zero-order valence-corrected chi connectivity index (χ0v) is 11.4. The van der Waals surface area contributed by atoms with Crippen molar-refractivity contribution in [2.24, 2.45) is 0 Å². The number of nitrogens with zero attached hydrogens (tertiary/aromatic N) is 6. The van der Waals surface area contributed by atoms with Crippen molar-refractivity contribution >= 4 is 17.8 Å². The molecule has 9 nitrogen and oxygen atoms in total. The van der Waals surface area contributed by atoms with E-state index in [0.29, 0.717) is 5.95 Å². The van der Waals surface area contributed by atoms with Gasteiger partial charge in [-0.15, -0.1) is 0 Å². The predicted molar refractivity (Wildman–Crippen MR) is 75.7 cm³/mol. The first-order valence-electron chi connectivity index (χ1n) is 6.75. The molecule has 1 aliphatic rings. The molecule has 0 aromatic carbocycles. The fraction of sp³-hybridized carbons (Fsp3) is 0.417. The number of aromatic nitrogens is 5. The number of carbonyl (C=O) groups is 1. The summed E-state index contributed by atoms with van der Waals surface area (Å²) in [5, 5.41) is 6.92. The maximum Gasteiger partial charge on any atom is 0.257 e. The van der Waals surface area contributed by atoms with Gasteiger partial charge in [0, 0.05) is 25.5 Å². The van der Waals surface area contributed by atoms with Crippen LogP contribution in [0.5, 0.6) is 0 Å². The molecule has 110 valence electrons. The topological polar surface area (TPSA) is 115 Å². The molecule has 0 bridgehead atoms. The molecular weight excluding hydrogens is 272 g/mol. The Bertz CT molecular complexity index is 620. The van der Waals surface area contributed by atoms with Crippen LogP contribution < -0.4 is 11.1 Å². The summed E-state index contributed by atoms with van der Waals surface area (Å²) in [6, 6.07) is 1.75. The molecule has 1 saturated heterocycles. The lowest BCUT2D eigenvalue weighted by Crippen LogP contribution is -2.33. The van der Waals surface area contributed by atoms with Crippen LogP contribution in [0.15, 0.2) is 18.5 Å². The Morgan fingerprint density at radius 3 is 2.81 bits per heavy atom. The molecule has 0 radical (unpaired) electrons. The van der Waals surface area contributed by atoms with Crippen molar-refractivity contribution < 1.29 is 4.79 Å². The second-order valence-electron chi connectivity index (χ2n) is 4.71. The van der Waals surface area contributed by atoms with Gasteiger partial charge < -0.3 is 16.0 Å². The van der Waals surface area contributed by atoms with E-state index in [0.717, 1.165) is 25.9 Å². The third-order valence-electron chi connectivity index (χ3n) is 3.21. The van der Waals surface area contributed by atoms with Gasteiger partial charge in [0.25, 0.3) is 5.95 Å². The number of nitrogen functional groups attached to an aromatic ring is 1. The third kappa shape index (κ3) is 3.07. The zero-order valence-electron chi connectivity index (χ0n) is 11.4. The average molecular weight is 288 g/mol. The first-order valence-corrected chi connectivity index (χ1v) is 6.75. The van der Waals surface area contributed by atoms with Crippen molar-refractivity contribution in [2.45, 2.75) is 12.8 Å². The standard InChI is InChI=1S/C12H16N8O/c13-10-16-11(14-8-9(21)19-5-1-2-6-19)18-12(17-10)20-7-3-4-15-20/h3-4,7H,1-2,5-6,8H2,(H3,13,14,16,17,18). The third-order valence-corrected chi connectivity index (χ3v) is 3.21. The number of rotatable bonds is 4. The summed E-state index contributed by atoms with van der Waals surface area (Å²) in [5.74, 6) is 0.683. The Hall–Kier alpha value is -2.71. The Morgan fingerprint density at radius 2 is 2.10 bits per heavy atom. The summed E-state index contributed by atoms with van der Waals surface area (Å²) in [7, 11) is 0. The minimum atomic E-state index is 0.0344. The SMILES string of the molecule is Nc1nc(NCC(=O)N2CCCC2)nc(-n2cccn2)n1. The van der Waals surface area contributed by atoms with Crippen molar-refractivity contribution in [1.82, 2.24) is 29.6 Å². The lowest BCUT2D eigenvalue weighted by atomic mass is 10.4. The number of likely N-dealkylation sites (tertiary alicyclic amines) is 1. The quantitative estimate of drug-likeness (QED) is 0.791. The number of amides is 1. The molecule has 0 atom stereocenters. The van der Waals surface area contributed by atoms with Crippen LogP contribution in [0, 0.1) is 0 Å². The van der Waals surface area contributed by atoms with Gasteiger partial charge in [-0.25, -0.2) is 4.68 Å². The summed E-state index contributed by atoms with van der Waals surface area (Å²) in [6.07, 6.45) is 5.44. The highest BCUT2D eigenvalue weighted by Crippen LogP contribution is 2.09. The number of nitrogens with one attached hydrogen (secondary N) is 1. The number of anilines is 2. The van der Waals surface area contributed by atoms with Gasteiger partial charge >= 0.3 is 0 Å². The number of nitrogens with two attached hydrogens (primary N) is 1. The van der Waals surface area contributed by atoms with Crippen LogP contribution >= 0.6 is 0 Å². The van der Waals surface area contributed by atoms with Gasteiger partial charge in [0.1, 0.15) is 0 Å². The zero-order chi connectivity index (χ0) is 14.7. The van der Waals surface area contributed by atoms with Crippen molar-refractivity contribution in [1.29, 1.82) is 0 Å². The van der Waals surface area contributed by atoms with E-state index in [1.54, 1.807) is 18.5 Å². The lowest BCUT2D eigenvalue weighted by Gasteiger charge is -2.15. The van der Waals surface area contributed by atoms with Gasteiger partial charge in [-0.2, -0.15) is 20.1 Å². The first kappa shape index (κ1) is 13.3. The molecule has 2 aromatic heterocycles. The minimum Gasteiger partial charge on any atom is -0.368 e. The lowest BCUT2D eigenvalue weighted by molar-refractivity contribution is -0.128. The van der Waals surface area contributed by atoms with Crippen LogP contribution in [0.4, 0.5) is 11.9 Å². The van der Waals surface area contributed by atoms with Gasteiger partial charge in [0.05, 0.1) is 6.54 Å². The molecule has 0 aliphatic carbocycles. The average Bonchev–Trinajstić information content (AvgIpc) is 3.16. The van der Waals surface area contributed by atoms with Gasteiger partial charge in [-0.3, -0.25) is 4.79 Å². The van der Waals surface area contributed by atoms with E-state index in [4.69, 9.17) is 5.73 Å². The van der Waals surface area contributed by atoms with E-state index in [2.05, 4.69) is 25.4 Å². The van der Waals surface area contributed by atoms with E-state index >= 15 is 0 Å². The molecule has 3 rings (SSSR count). The second kappa shape index (κ2) is 5.73. The van der Waals surface area contributed by atoms with Crippen LogP contribution in [0.25, 0.3) is 5.95 Å². The maximum atomic E-state index is 12.0. The molecule has 9 heteroatoms. The van der Waals surface area contributed by atoms with Gasteiger partial charge in [0.2, 0.25) is 17.8 Å². The van der Waals surface area contributed by atoms with Crippen LogP contribution in [0.3, 0.4) is 0 Å². The summed E-state index contributed by atoms with van der Waals surface area (Å²) in [4.78, 5) is 26.0. The Labute approximate surface area is 121 Å². The summed E-state index contributed by atoms with van der Waals surface area (Å²) in [5.41, 5.74) is 5.66. The van der Waals surface area contributed by atoms with E-state index in [9.17, 15) is 4.79 Å². The molecular formula is C12H16N8O. The number of carbonyl (C=O) groups excluding carboxylic acids is 1. The van der Waals surface area contributed by atoms with Crippen LogP contribution in [-0.2, 0) is 4.79 Å². The highest BCUT2D eigenvalue weighted by atomic mass is 16.2. The van der Waals surface area contributed by atoms with Crippen LogP contribution in [-0.4, -0.2) is 55.2 Å². The molecule has 3 heterocycles. The number of hydrogen-bond acceptors (Lipinski definition) is 7. The monoisotopic (exact) mass is 288 g/mol. The molecule has 0 unspecified atom stereocenters. The van der Waals surface area contributed by atoms with E-state index < -0.39 is 0 Å². The summed E-state index contributed by atoms with van der Waals surface area (Å²) >= 11 is 0. The van der Waals surface area contributed by atoms with Gasteiger partial charge in [-0.05, 0) is 18.9 Å². The van der Waals surface area contributed by atoms with Crippen LogP contribution in [0.1, 0.15) is 12.8 Å². The highest BCUT2D eigenvalue weighted by molar-refractivity contribution is 5.80. The van der Waals surface area contributed by atoms with Gasteiger partial charge in [0.15, 0.2) is 0 Å². The molecule has 1 aliphatic heterocycles. The van der Waals surface area contributed by atoms with Gasteiger partial charge in [-0.1, -0.05) is 0 Å². The molecule has 1 fully saturated rings. The summed E-state index contributed by atoms with van der Waals surface area (Å²) < 4.78 is 1.48. The molecule has 21 heavy (non-hydrogen) atoms. The van der Waals surface area contributed by atoms with E-state index in [1.807, 2.05) is 4.90 Å². The fourth-order valence-electron chi connectivity index (χ4n) is 2.18. The number of hydrogen-bond donors (Lipinski definition) is 2. The largest absolute Gasteiger partial charge is 0.368 e. The Balaban J connectivity index is 1.69. The second-order valence-corrected chi connectivity index (χ2v) is 4.71. The van der Waals surface area contributed by atoms with Crippen molar-refractivity contribution in [2.75, 3.05) is 30.7 Å². The van der Waals surface area contributed by atoms with Crippen LogP contribution in [0.2, 0.25) is 0 Å². The van der Waals surface area contributed by atoms with Crippen molar-refractivity contribution in [3.05, 3.63) is 18.5 Å². The summed E-state index contributed by atoms with van der Waals surface area (Å²) in [6.45, 7) is 1.78. The predicted octanol–water partition coefficient (Wildman–Crippen LogP) is -0.326. The normalized spacial score (nSPS) is 14.4. The van der Waals surface area contributed by atoms with Crippen molar-refractivity contribution in [3.63, 3.8) is 0 Å². The van der Waals surface area contributed by atoms with E-state index in [1.165, 1.54) is 4.68 Å². The highest BCUT2D eigenvalue weighted by Gasteiger charge is 2.18. The maximum absolute atomic E-state index is 12.0. The fourth-order valence-corrected chi connectivity index (χ4v) is 2.18. The molecule has 1 amide bonds. The smallest absolute Gasteiger partial charge is 0.257 e. The Morgan fingerprint density at radius 1 is 1.29 bits per heavy atom. The molecule has 0 spiro atoms. The molecule has 0 saturated carbocycles. The Kier molecular flexibility index (Phi) is 3.63. The van der Waals surface area contributed by atoms with E-state index in [-0.39, 0.29) is 24.3 Å². The minimum absolute atomic E-state index is 0.0344. The van der Waals surface area contributed by atoms with Crippen molar-refractivity contribution in [3.8, 4) is 5.95 Å². The first-order chi connectivity index (χ1) is 10.2. The molecule has 2 aromatic rings. The molecule has 3 N–H and O–H groups in total.